The van der Waals surface area contributed by atoms with Crippen molar-refractivity contribution in [1.29, 1.82) is 0 Å². The van der Waals surface area contributed by atoms with Gasteiger partial charge in [-0.05, 0) is 6.92 Å². The van der Waals surface area contributed by atoms with E-state index in [0.29, 0.717) is 6.42 Å². The molecule has 0 aliphatic carbocycles. The van der Waals surface area contributed by atoms with Crippen LogP contribution in [0, 0.1) is 0 Å². The number of cyclic esters (lactones) is 1. The Bertz CT molecular complexity index is 322. The zero-order chi connectivity index (χ0) is 11.0. The fourth-order valence-corrected chi connectivity index (χ4v) is 1.77. The van der Waals surface area contributed by atoms with Crippen molar-refractivity contribution in [3.63, 3.8) is 0 Å². The van der Waals surface area contributed by atoms with Gasteiger partial charge in [0.05, 0.1) is 12.5 Å². The molecule has 3 atom stereocenters. The topological polar surface area (TPSA) is 73.0 Å². The van der Waals surface area contributed by atoms with Gasteiger partial charge < -0.3 is 9.47 Å². The van der Waals surface area contributed by atoms with Gasteiger partial charge in [-0.1, -0.05) is 0 Å². The molecule has 2 aliphatic rings. The Morgan fingerprint density at radius 1 is 1.20 bits per heavy atom. The van der Waals surface area contributed by atoms with Crippen molar-refractivity contribution < 1.29 is 23.9 Å². The van der Waals surface area contributed by atoms with Crippen LogP contribution in [0.3, 0.4) is 0 Å². The summed E-state index contributed by atoms with van der Waals surface area (Å²) in [7, 11) is 0. The lowest BCUT2D eigenvalue weighted by Gasteiger charge is -2.12. The maximum Gasteiger partial charge on any atom is 0.313 e. The largest absolute Gasteiger partial charge is 0.462 e. The van der Waals surface area contributed by atoms with Gasteiger partial charge in [0.15, 0.2) is 11.6 Å². The molecule has 5 nitrogen and oxygen atoms in total. The van der Waals surface area contributed by atoms with Crippen LogP contribution >= 0.6 is 0 Å². The van der Waals surface area contributed by atoms with E-state index >= 15 is 0 Å². The Balaban J connectivity index is 2.05. The predicted octanol–water partition coefficient (Wildman–Crippen LogP) is 0.00760. The molecule has 0 aromatic rings. The van der Waals surface area contributed by atoms with Gasteiger partial charge in [0.2, 0.25) is 0 Å². The number of carbonyl (C=O) groups is 3. The Hall–Kier alpha value is -1.23. The van der Waals surface area contributed by atoms with Crippen LogP contribution < -0.4 is 0 Å². The first kappa shape index (κ1) is 10.3. The molecular formula is C10H12O5. The number of carbonyl (C=O) groups excluding carboxylic acids is 3. The third kappa shape index (κ3) is 2.41. The summed E-state index contributed by atoms with van der Waals surface area (Å²) in [4.78, 5) is 33.8. The lowest BCUT2D eigenvalue weighted by Crippen LogP contribution is -2.25. The van der Waals surface area contributed by atoms with Crippen LogP contribution in [-0.4, -0.2) is 35.8 Å². The molecular weight excluding hydrogens is 200 g/mol. The molecule has 15 heavy (non-hydrogen) atoms. The molecule has 0 radical (unpaired) electrons. The van der Waals surface area contributed by atoms with Crippen LogP contribution in [0.5, 0.6) is 0 Å². The van der Waals surface area contributed by atoms with E-state index < -0.39 is 17.9 Å². The van der Waals surface area contributed by atoms with Crippen molar-refractivity contribution in [3.8, 4) is 0 Å². The molecule has 2 heterocycles. The summed E-state index contributed by atoms with van der Waals surface area (Å²) in [6.07, 6.45) is -0.931. The molecule has 0 amide bonds. The second-order valence-electron chi connectivity index (χ2n) is 3.99. The van der Waals surface area contributed by atoms with Crippen LogP contribution in [0.25, 0.3) is 0 Å². The zero-order valence-corrected chi connectivity index (χ0v) is 8.39. The van der Waals surface area contributed by atoms with Gasteiger partial charge in [0.25, 0.3) is 0 Å². The third-order valence-electron chi connectivity index (χ3n) is 2.51. The van der Waals surface area contributed by atoms with Gasteiger partial charge >= 0.3 is 5.97 Å². The molecule has 0 saturated carbocycles. The Labute approximate surface area is 86.7 Å². The number of fused-ring (bicyclic) bond motifs is 1. The normalized spacial score (nSPS) is 36.9. The number of hydrogen-bond acceptors (Lipinski definition) is 5. The van der Waals surface area contributed by atoms with Crippen molar-refractivity contribution in [2.75, 3.05) is 0 Å². The fraction of sp³-hybridized carbons (Fsp3) is 0.700. The number of hydrogen-bond donors (Lipinski definition) is 0. The summed E-state index contributed by atoms with van der Waals surface area (Å²) in [6.45, 7) is 1.73. The lowest BCUT2D eigenvalue weighted by atomic mass is 10.0. The Morgan fingerprint density at radius 3 is 2.67 bits per heavy atom. The highest BCUT2D eigenvalue weighted by Crippen LogP contribution is 2.30. The van der Waals surface area contributed by atoms with Crippen LogP contribution in [-0.2, 0) is 23.9 Å². The van der Waals surface area contributed by atoms with E-state index in [1.54, 1.807) is 6.92 Å². The number of rotatable bonds is 0. The summed E-state index contributed by atoms with van der Waals surface area (Å²) >= 11 is 0. The highest BCUT2D eigenvalue weighted by atomic mass is 16.6. The number of esters is 1. The van der Waals surface area contributed by atoms with E-state index in [-0.39, 0.29) is 30.8 Å². The Kier molecular flexibility index (Phi) is 2.56. The van der Waals surface area contributed by atoms with E-state index in [0.717, 1.165) is 0 Å². The fourth-order valence-electron chi connectivity index (χ4n) is 1.77. The van der Waals surface area contributed by atoms with E-state index in [1.165, 1.54) is 0 Å². The quantitative estimate of drug-likeness (QED) is 0.321. The number of epoxide rings is 1. The molecule has 2 fully saturated rings. The van der Waals surface area contributed by atoms with E-state index in [4.69, 9.17) is 9.47 Å². The van der Waals surface area contributed by atoms with Crippen LogP contribution in [0.1, 0.15) is 26.2 Å². The van der Waals surface area contributed by atoms with Gasteiger partial charge in [0.1, 0.15) is 18.6 Å². The van der Waals surface area contributed by atoms with Crippen molar-refractivity contribution in [3.05, 3.63) is 0 Å². The second-order valence-corrected chi connectivity index (χ2v) is 3.99. The molecule has 2 aliphatic heterocycles. The molecule has 5 heteroatoms. The molecule has 82 valence electrons. The average Bonchev–Trinajstić information content (AvgIpc) is 2.80. The first-order chi connectivity index (χ1) is 7.06. The first-order valence-corrected chi connectivity index (χ1v) is 4.95. The van der Waals surface area contributed by atoms with Gasteiger partial charge in [-0.25, -0.2) is 0 Å². The molecule has 0 aromatic heterocycles. The minimum Gasteiger partial charge on any atom is -0.462 e. The summed E-state index contributed by atoms with van der Waals surface area (Å²) in [5.74, 6) is -1.17. The van der Waals surface area contributed by atoms with Crippen LogP contribution in [0.4, 0.5) is 0 Å². The van der Waals surface area contributed by atoms with Gasteiger partial charge in [-0.2, -0.15) is 0 Å². The van der Waals surface area contributed by atoms with Crippen LogP contribution in [0.2, 0.25) is 0 Å². The smallest absolute Gasteiger partial charge is 0.313 e. The third-order valence-corrected chi connectivity index (χ3v) is 2.51. The number of ether oxygens (including phenoxy) is 2. The summed E-state index contributed by atoms with van der Waals surface area (Å²) in [6, 6.07) is 0. The minimum absolute atomic E-state index is 0.175. The van der Waals surface area contributed by atoms with Crippen molar-refractivity contribution >= 4 is 17.5 Å². The van der Waals surface area contributed by atoms with Crippen molar-refractivity contribution in [2.24, 2.45) is 0 Å². The lowest BCUT2D eigenvalue weighted by molar-refractivity contribution is -0.150. The van der Waals surface area contributed by atoms with Gasteiger partial charge in [0, 0.05) is 6.42 Å². The average molecular weight is 212 g/mol. The molecule has 0 spiro atoms. The summed E-state index contributed by atoms with van der Waals surface area (Å²) in [5.41, 5.74) is 0. The number of ketones is 2. The predicted molar refractivity (Wildman–Crippen MR) is 48.1 cm³/mol. The van der Waals surface area contributed by atoms with Crippen molar-refractivity contribution in [1.82, 2.24) is 0 Å². The maximum absolute atomic E-state index is 11.4. The maximum atomic E-state index is 11.4. The molecule has 0 aromatic carbocycles. The van der Waals surface area contributed by atoms with E-state index in [2.05, 4.69) is 0 Å². The highest BCUT2D eigenvalue weighted by Gasteiger charge is 2.46. The van der Waals surface area contributed by atoms with Crippen LogP contribution in [0.15, 0.2) is 0 Å². The zero-order valence-electron chi connectivity index (χ0n) is 8.39. The van der Waals surface area contributed by atoms with E-state index in [1.807, 2.05) is 0 Å². The molecule has 0 bridgehead atoms. The molecule has 3 unspecified atom stereocenters. The van der Waals surface area contributed by atoms with Gasteiger partial charge in [-0.3, -0.25) is 14.4 Å². The minimum atomic E-state index is -0.556. The Morgan fingerprint density at radius 2 is 1.93 bits per heavy atom. The standard InChI is InChI=1S/C10H12O5/c1-5-2-8-10(15-8)7(12)3-6(11)4-9(13)14-5/h5,8,10H,2-4H2,1H3. The van der Waals surface area contributed by atoms with Gasteiger partial charge in [-0.15, -0.1) is 0 Å². The highest BCUT2D eigenvalue weighted by molar-refractivity contribution is 6.07. The number of Topliss-reactive ketones (excluding diaryl/α,β-unsaturated/α-hetero) is 2. The van der Waals surface area contributed by atoms with Crippen molar-refractivity contribution in [2.45, 2.75) is 44.5 Å². The SMILES string of the molecule is CC1CC2OC2C(=O)CC(=O)CC(=O)O1. The second kappa shape index (κ2) is 3.73. The summed E-state index contributed by atoms with van der Waals surface area (Å²) < 4.78 is 10.1. The molecule has 2 saturated heterocycles. The molecule has 2 rings (SSSR count). The molecule has 0 N–H and O–H groups in total. The monoisotopic (exact) mass is 212 g/mol. The van der Waals surface area contributed by atoms with E-state index in [9.17, 15) is 14.4 Å². The first-order valence-electron chi connectivity index (χ1n) is 4.95. The summed E-state index contributed by atoms with van der Waals surface area (Å²) in [5, 5.41) is 0.